The number of hydrogen-bond donors (Lipinski definition) is 3. The Morgan fingerprint density at radius 2 is 1.88 bits per heavy atom. The molecule has 3 rings (SSSR count). The van der Waals surface area contributed by atoms with E-state index in [-0.39, 0.29) is 28.3 Å². The van der Waals surface area contributed by atoms with Gasteiger partial charge in [0.15, 0.2) is 5.11 Å². The molecular weight excluding hydrogens is 490 g/mol. The number of benzene rings is 2. The molecule has 0 aliphatic carbocycles. The zero-order valence-electron chi connectivity index (χ0n) is 18.5. The van der Waals surface area contributed by atoms with Crippen LogP contribution in [0.1, 0.15) is 16.0 Å². The summed E-state index contributed by atoms with van der Waals surface area (Å²) in [6.07, 6.45) is 3.67. The van der Waals surface area contributed by atoms with Gasteiger partial charge < -0.3 is 15.4 Å². The summed E-state index contributed by atoms with van der Waals surface area (Å²) in [6.45, 7) is 0.561. The normalized spacial score (nSPS) is 11.2. The first-order chi connectivity index (χ1) is 16.4. The van der Waals surface area contributed by atoms with Crippen LogP contribution >= 0.6 is 23.6 Å². The summed E-state index contributed by atoms with van der Waals surface area (Å²) < 4.78 is 34.1. The third-order valence-electron chi connectivity index (χ3n) is 4.64. The second-order valence-electron chi connectivity index (χ2n) is 7.13. The van der Waals surface area contributed by atoms with E-state index in [1.54, 1.807) is 29.5 Å². The van der Waals surface area contributed by atoms with E-state index in [0.29, 0.717) is 13.0 Å². The van der Waals surface area contributed by atoms with Crippen molar-refractivity contribution in [3.63, 3.8) is 0 Å². The van der Waals surface area contributed by atoms with Crippen molar-refractivity contribution in [2.24, 2.45) is 0 Å². The van der Waals surface area contributed by atoms with Gasteiger partial charge in [0.05, 0.1) is 0 Å². The molecule has 0 aliphatic heterocycles. The fraction of sp³-hybridized carbons (Fsp3) is 0.167. The summed E-state index contributed by atoms with van der Waals surface area (Å²) in [4.78, 5) is 13.0. The van der Waals surface area contributed by atoms with Gasteiger partial charge in [0, 0.05) is 24.5 Å². The fourth-order valence-corrected chi connectivity index (χ4v) is 5.04. The average Bonchev–Trinajstić information content (AvgIpc) is 3.36. The molecule has 1 aromatic heterocycles. The lowest BCUT2D eigenvalue weighted by Crippen LogP contribution is -2.37. The van der Waals surface area contributed by atoms with Crippen molar-refractivity contribution < 1.29 is 17.9 Å². The van der Waals surface area contributed by atoms with Crippen LogP contribution in [0.15, 0.2) is 77.0 Å². The van der Waals surface area contributed by atoms with Gasteiger partial charge in [-0.15, -0.1) is 11.3 Å². The van der Waals surface area contributed by atoms with Gasteiger partial charge in [-0.25, -0.2) is 8.42 Å². The highest BCUT2D eigenvalue weighted by molar-refractivity contribution is 7.92. The van der Waals surface area contributed by atoms with Crippen LogP contribution in [0.3, 0.4) is 0 Å². The SMILES string of the molecule is CNC(=S)NS(=O)(=O)c1cc(CCNC(=O)/C=C/c2cccs2)ccc1OCc1ccccc1. The van der Waals surface area contributed by atoms with Gasteiger partial charge in [-0.3, -0.25) is 9.52 Å². The van der Waals surface area contributed by atoms with E-state index < -0.39 is 10.0 Å². The summed E-state index contributed by atoms with van der Waals surface area (Å²) in [5.41, 5.74) is 1.64. The Hall–Kier alpha value is -3.21. The van der Waals surface area contributed by atoms with E-state index in [2.05, 4.69) is 15.4 Å². The Morgan fingerprint density at radius 1 is 1.09 bits per heavy atom. The molecule has 1 amide bonds. The number of amides is 1. The summed E-state index contributed by atoms with van der Waals surface area (Å²) in [6, 6.07) is 18.2. The molecule has 0 spiro atoms. The molecule has 0 saturated carbocycles. The van der Waals surface area contributed by atoms with Crippen LogP contribution in [-0.4, -0.2) is 33.0 Å². The van der Waals surface area contributed by atoms with E-state index in [0.717, 1.165) is 16.0 Å². The number of rotatable bonds is 10. The minimum absolute atomic E-state index is 0.0239. The average molecular weight is 516 g/mol. The van der Waals surface area contributed by atoms with E-state index in [1.807, 2.05) is 47.8 Å². The highest BCUT2D eigenvalue weighted by Crippen LogP contribution is 2.26. The van der Waals surface area contributed by atoms with Gasteiger partial charge >= 0.3 is 0 Å². The van der Waals surface area contributed by atoms with Crippen molar-refractivity contribution in [3.8, 4) is 5.75 Å². The third kappa shape index (κ3) is 7.68. The first-order valence-corrected chi connectivity index (χ1v) is 13.2. The lowest BCUT2D eigenvalue weighted by atomic mass is 10.1. The second kappa shape index (κ2) is 12.3. The first-order valence-electron chi connectivity index (χ1n) is 10.4. The number of hydrogen-bond acceptors (Lipinski definition) is 6. The Balaban J connectivity index is 1.71. The standard InChI is InChI=1S/C24H25N3O4S3/c1-25-24(32)27-34(29,30)22-16-18(9-11-21(22)31-17-19-6-3-2-4-7-19)13-14-26-23(28)12-10-20-8-5-15-33-20/h2-12,15-16H,13-14,17H2,1H3,(H,26,28)(H2,25,27,32)/b12-10+. The smallest absolute Gasteiger partial charge is 0.267 e. The number of nitrogens with one attached hydrogen (secondary N) is 3. The maximum atomic E-state index is 13.0. The van der Waals surface area contributed by atoms with Crippen LogP contribution < -0.4 is 20.1 Å². The number of ether oxygens (including phenoxy) is 1. The predicted octanol–water partition coefficient (Wildman–Crippen LogP) is 3.48. The molecule has 0 fully saturated rings. The van der Waals surface area contributed by atoms with Gasteiger partial charge in [0.1, 0.15) is 17.3 Å². The summed E-state index contributed by atoms with van der Waals surface area (Å²) >= 11 is 6.52. The molecule has 0 aliphatic rings. The van der Waals surface area contributed by atoms with E-state index >= 15 is 0 Å². The van der Waals surface area contributed by atoms with E-state index in [4.69, 9.17) is 17.0 Å². The molecule has 0 bridgehead atoms. The molecule has 7 nitrogen and oxygen atoms in total. The Labute approximate surface area is 208 Å². The van der Waals surface area contributed by atoms with Crippen LogP contribution in [0.25, 0.3) is 6.08 Å². The highest BCUT2D eigenvalue weighted by Gasteiger charge is 2.21. The van der Waals surface area contributed by atoms with Gasteiger partial charge in [0.2, 0.25) is 5.91 Å². The van der Waals surface area contributed by atoms with Gasteiger partial charge in [0.25, 0.3) is 10.0 Å². The van der Waals surface area contributed by atoms with Gasteiger partial charge in [-0.05, 0) is 59.4 Å². The molecule has 2 aromatic carbocycles. The molecule has 3 aromatic rings. The van der Waals surface area contributed by atoms with Gasteiger partial charge in [-0.1, -0.05) is 42.5 Å². The molecule has 3 N–H and O–H groups in total. The van der Waals surface area contributed by atoms with E-state index in [1.165, 1.54) is 19.2 Å². The molecule has 1 heterocycles. The minimum atomic E-state index is -3.98. The minimum Gasteiger partial charge on any atom is -0.487 e. The molecule has 0 atom stereocenters. The van der Waals surface area contributed by atoms with Crippen molar-refractivity contribution in [1.29, 1.82) is 0 Å². The Kier molecular flexibility index (Phi) is 9.20. The number of sulfonamides is 1. The third-order valence-corrected chi connectivity index (χ3v) is 7.29. The van der Waals surface area contributed by atoms with Crippen molar-refractivity contribution in [2.45, 2.75) is 17.9 Å². The van der Waals surface area contributed by atoms with Crippen LogP contribution in [-0.2, 0) is 27.8 Å². The zero-order chi connectivity index (χ0) is 24.4. The van der Waals surface area contributed by atoms with Crippen molar-refractivity contribution in [1.82, 2.24) is 15.4 Å². The van der Waals surface area contributed by atoms with Crippen LogP contribution in [0.4, 0.5) is 0 Å². The maximum Gasteiger partial charge on any atom is 0.267 e. The summed E-state index contributed by atoms with van der Waals surface area (Å²) in [5, 5.41) is 7.32. The van der Waals surface area contributed by atoms with Crippen LogP contribution in [0, 0.1) is 0 Å². The van der Waals surface area contributed by atoms with E-state index in [9.17, 15) is 13.2 Å². The molecule has 0 unspecified atom stereocenters. The second-order valence-corrected chi connectivity index (χ2v) is 10.2. The van der Waals surface area contributed by atoms with Crippen molar-refractivity contribution >= 4 is 50.7 Å². The van der Waals surface area contributed by atoms with Crippen molar-refractivity contribution in [2.75, 3.05) is 13.6 Å². The maximum absolute atomic E-state index is 13.0. The molecule has 0 radical (unpaired) electrons. The Morgan fingerprint density at radius 3 is 2.59 bits per heavy atom. The number of thiophene rings is 1. The molecule has 34 heavy (non-hydrogen) atoms. The lowest BCUT2D eigenvalue weighted by Gasteiger charge is -2.15. The largest absolute Gasteiger partial charge is 0.487 e. The molecular formula is C24H25N3O4S3. The quantitative estimate of drug-likeness (QED) is 0.283. The van der Waals surface area contributed by atoms with Crippen molar-refractivity contribution in [3.05, 3.63) is 88.1 Å². The summed E-state index contributed by atoms with van der Waals surface area (Å²) in [5.74, 6) is -0.00739. The first kappa shape index (κ1) is 25.4. The van der Waals surface area contributed by atoms with Crippen LogP contribution in [0.5, 0.6) is 5.75 Å². The summed E-state index contributed by atoms with van der Waals surface area (Å²) in [7, 11) is -2.45. The topological polar surface area (TPSA) is 96.5 Å². The molecule has 178 valence electrons. The predicted molar refractivity (Wildman–Crippen MR) is 139 cm³/mol. The monoisotopic (exact) mass is 515 g/mol. The number of carbonyl (C=O) groups excluding carboxylic acids is 1. The number of carbonyl (C=O) groups is 1. The van der Waals surface area contributed by atoms with Gasteiger partial charge in [-0.2, -0.15) is 0 Å². The molecule has 10 heteroatoms. The lowest BCUT2D eigenvalue weighted by molar-refractivity contribution is -0.116. The number of thiocarbonyl (C=S) groups is 1. The molecule has 0 saturated heterocycles. The highest BCUT2D eigenvalue weighted by atomic mass is 32.2. The zero-order valence-corrected chi connectivity index (χ0v) is 20.9. The fourth-order valence-electron chi connectivity index (χ4n) is 2.93. The van der Waals surface area contributed by atoms with Crippen LogP contribution in [0.2, 0.25) is 0 Å². The Bertz CT molecular complexity index is 1240.